The molecule has 20 heavy (non-hydrogen) atoms. The fraction of sp³-hybridized carbons (Fsp3) is 0.647. The molecule has 0 radical (unpaired) electrons. The maximum absolute atomic E-state index is 13.5. The lowest BCUT2D eigenvalue weighted by Crippen LogP contribution is -2.25. The topological polar surface area (TPSA) is 12.0 Å². The van der Waals surface area contributed by atoms with E-state index in [2.05, 4.69) is 30.9 Å². The smallest absolute Gasteiger partial charge is 0.123 e. The van der Waals surface area contributed by atoms with Crippen molar-refractivity contribution in [2.75, 3.05) is 12.3 Å². The molecule has 3 heteroatoms. The molecule has 0 heterocycles. The van der Waals surface area contributed by atoms with Crippen molar-refractivity contribution in [1.29, 1.82) is 0 Å². The summed E-state index contributed by atoms with van der Waals surface area (Å²) in [4.78, 5) is 0. The Balaban J connectivity index is 2.00. The molecule has 1 nitrogen and oxygen atoms in total. The van der Waals surface area contributed by atoms with E-state index in [0.29, 0.717) is 0 Å². The van der Waals surface area contributed by atoms with Gasteiger partial charge in [-0.15, -0.1) is 0 Å². The van der Waals surface area contributed by atoms with Gasteiger partial charge in [0.25, 0.3) is 0 Å². The lowest BCUT2D eigenvalue weighted by molar-refractivity contribution is 0.514. The van der Waals surface area contributed by atoms with Crippen LogP contribution in [0.4, 0.5) is 4.39 Å². The van der Waals surface area contributed by atoms with Crippen LogP contribution in [-0.4, -0.2) is 17.5 Å². The normalized spacial score (nSPS) is 18.1. The lowest BCUT2D eigenvalue weighted by atomic mass is 10.0. The molecule has 1 fully saturated rings. The van der Waals surface area contributed by atoms with Crippen LogP contribution in [-0.2, 0) is 0 Å². The molecule has 112 valence electrons. The molecule has 1 unspecified atom stereocenters. The molecular formula is C17H26FNS. The predicted octanol–water partition coefficient (Wildman–Crippen LogP) is 4.85. The van der Waals surface area contributed by atoms with Gasteiger partial charge in [-0.3, -0.25) is 0 Å². The summed E-state index contributed by atoms with van der Waals surface area (Å²) in [5.41, 5.74) is 2.30. The fourth-order valence-electron chi connectivity index (χ4n) is 2.96. The second kappa shape index (κ2) is 8.04. The third kappa shape index (κ3) is 4.49. The fourth-order valence-corrected chi connectivity index (χ4v) is 4.38. The average molecular weight is 295 g/mol. The van der Waals surface area contributed by atoms with Crippen molar-refractivity contribution in [3.8, 4) is 0 Å². The van der Waals surface area contributed by atoms with E-state index in [4.69, 9.17) is 0 Å². The molecule has 1 atom stereocenters. The van der Waals surface area contributed by atoms with Gasteiger partial charge in [-0.05, 0) is 49.6 Å². The molecule has 1 aromatic carbocycles. The van der Waals surface area contributed by atoms with Crippen LogP contribution in [0.1, 0.15) is 56.2 Å². The molecule has 0 amide bonds. The van der Waals surface area contributed by atoms with Crippen LogP contribution in [0.15, 0.2) is 18.2 Å². The number of hydrogen-bond acceptors (Lipinski definition) is 2. The Morgan fingerprint density at radius 3 is 2.75 bits per heavy atom. The van der Waals surface area contributed by atoms with Crippen molar-refractivity contribution in [2.45, 2.75) is 57.2 Å². The van der Waals surface area contributed by atoms with E-state index in [-0.39, 0.29) is 11.9 Å². The summed E-state index contributed by atoms with van der Waals surface area (Å²) in [6.07, 6.45) is 6.86. The number of hydrogen-bond donors (Lipinski definition) is 1. The predicted molar refractivity (Wildman–Crippen MR) is 86.9 cm³/mol. The summed E-state index contributed by atoms with van der Waals surface area (Å²) in [6, 6.07) is 5.41. The van der Waals surface area contributed by atoms with Crippen LogP contribution in [0.2, 0.25) is 0 Å². The highest BCUT2D eigenvalue weighted by Gasteiger charge is 2.18. The standard InChI is InChI=1S/C17H26FNS/c1-3-19-17(12-20-15-7-5-4-6-8-15)16-11-14(18)10-9-13(16)2/h9-11,15,17,19H,3-8,12H2,1-2H3. The molecule has 0 aromatic heterocycles. The molecule has 0 bridgehead atoms. The van der Waals surface area contributed by atoms with E-state index < -0.39 is 0 Å². The molecule has 1 aromatic rings. The summed E-state index contributed by atoms with van der Waals surface area (Å²) < 4.78 is 13.5. The molecule has 1 aliphatic rings. The number of nitrogens with one attached hydrogen (secondary N) is 1. The maximum atomic E-state index is 13.5. The monoisotopic (exact) mass is 295 g/mol. The summed E-state index contributed by atoms with van der Waals surface area (Å²) in [6.45, 7) is 5.11. The lowest BCUT2D eigenvalue weighted by Gasteiger charge is -2.25. The Morgan fingerprint density at radius 2 is 2.05 bits per heavy atom. The van der Waals surface area contributed by atoms with Gasteiger partial charge in [0.15, 0.2) is 0 Å². The summed E-state index contributed by atoms with van der Waals surface area (Å²) >= 11 is 2.07. The quantitative estimate of drug-likeness (QED) is 0.805. The molecule has 2 rings (SSSR count). The largest absolute Gasteiger partial charge is 0.309 e. The number of rotatable bonds is 6. The first-order chi connectivity index (χ1) is 9.70. The zero-order valence-corrected chi connectivity index (χ0v) is 13.4. The number of aryl methyl sites for hydroxylation is 1. The van der Waals surface area contributed by atoms with Gasteiger partial charge in [0.05, 0.1) is 0 Å². The van der Waals surface area contributed by atoms with Crippen LogP contribution in [0.25, 0.3) is 0 Å². The Morgan fingerprint density at radius 1 is 1.30 bits per heavy atom. The number of benzene rings is 1. The van der Waals surface area contributed by atoms with Crippen LogP contribution >= 0.6 is 11.8 Å². The van der Waals surface area contributed by atoms with Crippen molar-refractivity contribution >= 4 is 11.8 Å². The summed E-state index contributed by atoms with van der Waals surface area (Å²) in [5.74, 6) is 0.916. The van der Waals surface area contributed by atoms with Crippen molar-refractivity contribution in [3.05, 3.63) is 35.1 Å². The number of thioether (sulfide) groups is 1. The van der Waals surface area contributed by atoms with Crippen LogP contribution in [0.3, 0.4) is 0 Å². The first kappa shape index (κ1) is 15.8. The van der Waals surface area contributed by atoms with E-state index in [1.54, 1.807) is 12.1 Å². The van der Waals surface area contributed by atoms with E-state index in [1.807, 2.05) is 6.07 Å². The molecule has 0 aliphatic heterocycles. The minimum absolute atomic E-state index is 0.129. The van der Waals surface area contributed by atoms with E-state index in [0.717, 1.165) is 23.1 Å². The number of halogens is 1. The molecular weight excluding hydrogens is 269 g/mol. The van der Waals surface area contributed by atoms with Gasteiger partial charge >= 0.3 is 0 Å². The van der Waals surface area contributed by atoms with Crippen LogP contribution in [0, 0.1) is 12.7 Å². The Labute approximate surface area is 126 Å². The molecule has 0 saturated heterocycles. The van der Waals surface area contributed by atoms with Crippen molar-refractivity contribution in [3.63, 3.8) is 0 Å². The van der Waals surface area contributed by atoms with Gasteiger partial charge in [-0.1, -0.05) is 32.3 Å². The SMILES string of the molecule is CCNC(CSC1CCCCC1)c1cc(F)ccc1C. The Hall–Kier alpha value is -0.540. The van der Waals surface area contributed by atoms with E-state index in [1.165, 1.54) is 37.7 Å². The second-order valence-electron chi connectivity index (χ2n) is 5.70. The zero-order valence-electron chi connectivity index (χ0n) is 12.6. The molecule has 0 spiro atoms. The van der Waals surface area contributed by atoms with Gasteiger partial charge < -0.3 is 5.32 Å². The van der Waals surface area contributed by atoms with Crippen LogP contribution < -0.4 is 5.32 Å². The summed E-state index contributed by atoms with van der Waals surface area (Å²) in [7, 11) is 0. The molecule has 1 saturated carbocycles. The minimum Gasteiger partial charge on any atom is -0.309 e. The van der Waals surface area contributed by atoms with Crippen molar-refractivity contribution in [1.82, 2.24) is 5.32 Å². The summed E-state index contributed by atoms with van der Waals surface area (Å²) in [5, 5.41) is 4.32. The van der Waals surface area contributed by atoms with Gasteiger partial charge in [0.2, 0.25) is 0 Å². The second-order valence-corrected chi connectivity index (χ2v) is 7.04. The minimum atomic E-state index is -0.129. The first-order valence-corrected chi connectivity index (χ1v) is 8.86. The molecule has 1 aliphatic carbocycles. The first-order valence-electron chi connectivity index (χ1n) is 7.81. The maximum Gasteiger partial charge on any atom is 0.123 e. The third-order valence-corrected chi connectivity index (χ3v) is 5.59. The third-order valence-electron chi connectivity index (χ3n) is 4.12. The Bertz CT molecular complexity index is 415. The van der Waals surface area contributed by atoms with E-state index in [9.17, 15) is 4.39 Å². The van der Waals surface area contributed by atoms with Crippen molar-refractivity contribution < 1.29 is 4.39 Å². The van der Waals surface area contributed by atoms with Gasteiger partial charge in [0, 0.05) is 17.0 Å². The molecule has 1 N–H and O–H groups in total. The van der Waals surface area contributed by atoms with Gasteiger partial charge in [0.1, 0.15) is 5.82 Å². The highest BCUT2D eigenvalue weighted by molar-refractivity contribution is 7.99. The van der Waals surface area contributed by atoms with Gasteiger partial charge in [-0.2, -0.15) is 11.8 Å². The Kier molecular flexibility index (Phi) is 6.37. The van der Waals surface area contributed by atoms with Crippen LogP contribution in [0.5, 0.6) is 0 Å². The zero-order chi connectivity index (χ0) is 14.4. The highest BCUT2D eigenvalue weighted by atomic mass is 32.2. The van der Waals surface area contributed by atoms with E-state index >= 15 is 0 Å². The highest BCUT2D eigenvalue weighted by Crippen LogP contribution is 2.31. The average Bonchev–Trinajstić information content (AvgIpc) is 2.47. The van der Waals surface area contributed by atoms with Crippen molar-refractivity contribution in [2.24, 2.45) is 0 Å². The van der Waals surface area contributed by atoms with Gasteiger partial charge in [-0.25, -0.2) is 4.39 Å².